The van der Waals surface area contributed by atoms with Crippen LogP contribution in [0, 0.1) is 0 Å². The van der Waals surface area contributed by atoms with Crippen LogP contribution >= 0.6 is 11.5 Å². The Hall–Kier alpha value is -4.16. The number of para-hydroxylation sites is 2. The van der Waals surface area contributed by atoms with Gasteiger partial charge in [-0.25, -0.2) is 0 Å². The highest BCUT2D eigenvalue weighted by molar-refractivity contribution is 7.09. The minimum atomic E-state index is -1.16. The second-order valence-electron chi connectivity index (χ2n) is 7.44. The van der Waals surface area contributed by atoms with Crippen LogP contribution in [0.15, 0.2) is 48.5 Å². The topological polar surface area (TPSA) is 159 Å². The lowest BCUT2D eigenvalue weighted by atomic mass is 10.0. The van der Waals surface area contributed by atoms with E-state index in [2.05, 4.69) is 9.69 Å². The van der Waals surface area contributed by atoms with Gasteiger partial charge in [0.05, 0.1) is 32.2 Å². The van der Waals surface area contributed by atoms with Crippen LogP contribution in [-0.4, -0.2) is 56.6 Å². The highest BCUT2D eigenvalue weighted by Crippen LogP contribution is 2.38. The van der Waals surface area contributed by atoms with E-state index in [0.29, 0.717) is 22.7 Å². The fourth-order valence-corrected chi connectivity index (χ4v) is 4.25. The van der Waals surface area contributed by atoms with Gasteiger partial charge in [0.1, 0.15) is 22.4 Å². The molecule has 0 aliphatic carbocycles. The lowest BCUT2D eigenvalue weighted by Crippen LogP contribution is -2.45. The second-order valence-corrected chi connectivity index (χ2v) is 8.22. The number of nitrogens with zero attached hydrogens (tertiary/aromatic N) is 2. The molecule has 5 N–H and O–H groups in total. The normalized spacial score (nSPS) is 11.4. The summed E-state index contributed by atoms with van der Waals surface area (Å²) in [6.07, 6.45) is 0. The number of carbonyl (C=O) groups excluding carboxylic acids is 3. The number of hydrogen-bond donors (Lipinski definition) is 3. The Labute approximate surface area is 212 Å². The first-order valence-corrected chi connectivity index (χ1v) is 11.5. The molecule has 0 saturated carbocycles. The molecule has 0 saturated heterocycles. The van der Waals surface area contributed by atoms with Crippen molar-refractivity contribution >= 4 is 40.6 Å². The quantitative estimate of drug-likeness (QED) is 0.328. The van der Waals surface area contributed by atoms with E-state index in [4.69, 9.17) is 25.7 Å². The number of ether oxygens (including phenoxy) is 3. The van der Waals surface area contributed by atoms with Gasteiger partial charge in [-0.05, 0) is 41.4 Å². The first-order chi connectivity index (χ1) is 17.3. The fourth-order valence-electron chi connectivity index (χ4n) is 3.51. The van der Waals surface area contributed by atoms with Gasteiger partial charge < -0.3 is 31.0 Å². The van der Waals surface area contributed by atoms with Gasteiger partial charge >= 0.3 is 0 Å². The summed E-state index contributed by atoms with van der Waals surface area (Å²) in [5, 5.41) is 2.80. The molecule has 0 fully saturated rings. The number of aromatic nitrogens is 1. The van der Waals surface area contributed by atoms with Gasteiger partial charge in [0.25, 0.3) is 11.8 Å². The summed E-state index contributed by atoms with van der Waals surface area (Å²) in [5.74, 6) is -1.09. The number of rotatable bonds is 11. The maximum absolute atomic E-state index is 14.0. The Morgan fingerprint density at radius 3 is 2.33 bits per heavy atom. The van der Waals surface area contributed by atoms with E-state index in [9.17, 15) is 14.4 Å². The molecule has 1 heterocycles. The number of carbonyl (C=O) groups is 3. The van der Waals surface area contributed by atoms with Crippen molar-refractivity contribution in [1.82, 2.24) is 9.69 Å². The summed E-state index contributed by atoms with van der Waals surface area (Å²) < 4.78 is 19.7. The van der Waals surface area contributed by atoms with E-state index in [0.717, 1.165) is 11.5 Å². The molecule has 190 valence electrons. The maximum Gasteiger partial charge on any atom is 0.273 e. The number of hydrogen-bond acceptors (Lipinski definition) is 9. The van der Waals surface area contributed by atoms with Crippen molar-refractivity contribution in [3.63, 3.8) is 0 Å². The predicted octanol–water partition coefficient (Wildman–Crippen LogP) is 1.99. The van der Waals surface area contributed by atoms with Crippen LogP contribution in [0.4, 0.5) is 11.4 Å². The zero-order chi connectivity index (χ0) is 26.2. The third-order valence-electron chi connectivity index (χ3n) is 5.26. The molecule has 2 aromatic carbocycles. The zero-order valence-corrected chi connectivity index (χ0v) is 20.8. The first kappa shape index (κ1) is 26.4. The van der Waals surface area contributed by atoms with Crippen molar-refractivity contribution in [3.8, 4) is 11.5 Å². The molecule has 12 heteroatoms. The monoisotopic (exact) mass is 513 g/mol. The summed E-state index contributed by atoms with van der Waals surface area (Å²) in [6.45, 7) is 0.484. The molecule has 3 amide bonds. The number of nitrogens with two attached hydrogens (primary N) is 2. The highest BCUT2D eigenvalue weighted by Gasteiger charge is 2.37. The molecule has 1 aromatic heterocycles. The average Bonchev–Trinajstić information content (AvgIpc) is 3.28. The minimum absolute atomic E-state index is 0.0436. The largest absolute Gasteiger partial charge is 0.497 e. The van der Waals surface area contributed by atoms with E-state index in [-0.39, 0.29) is 29.4 Å². The van der Waals surface area contributed by atoms with Crippen molar-refractivity contribution in [2.24, 2.45) is 5.73 Å². The number of nitrogen functional groups attached to an aromatic ring is 1. The van der Waals surface area contributed by atoms with Crippen LogP contribution in [0.5, 0.6) is 11.5 Å². The summed E-state index contributed by atoms with van der Waals surface area (Å²) in [7, 11) is 4.49. The summed E-state index contributed by atoms with van der Waals surface area (Å²) in [4.78, 5) is 40.5. The summed E-state index contributed by atoms with van der Waals surface area (Å²) in [5.41, 5.74) is 11.8. The lowest BCUT2D eigenvalue weighted by Gasteiger charge is -2.32. The van der Waals surface area contributed by atoms with Crippen LogP contribution in [0.3, 0.4) is 0 Å². The Kier molecular flexibility index (Phi) is 8.81. The molecule has 0 unspecified atom stereocenters. The number of benzene rings is 2. The Morgan fingerprint density at radius 1 is 1.06 bits per heavy atom. The van der Waals surface area contributed by atoms with E-state index < -0.39 is 23.8 Å². The number of methoxy groups -OCH3 is 3. The third-order valence-corrected chi connectivity index (χ3v) is 6.11. The number of anilines is 2. The summed E-state index contributed by atoms with van der Waals surface area (Å²) >= 11 is 0.721. The van der Waals surface area contributed by atoms with Gasteiger partial charge in [0, 0.05) is 13.7 Å². The van der Waals surface area contributed by atoms with Crippen molar-refractivity contribution < 1.29 is 28.6 Å². The van der Waals surface area contributed by atoms with E-state index >= 15 is 0 Å². The summed E-state index contributed by atoms with van der Waals surface area (Å²) in [6, 6.07) is 12.3. The van der Waals surface area contributed by atoms with Gasteiger partial charge in [0.15, 0.2) is 5.69 Å². The van der Waals surface area contributed by atoms with Crippen molar-refractivity contribution in [1.29, 1.82) is 0 Å². The minimum Gasteiger partial charge on any atom is -0.497 e. The van der Waals surface area contributed by atoms with Crippen LogP contribution < -0.4 is 31.2 Å². The third kappa shape index (κ3) is 5.56. The smallest absolute Gasteiger partial charge is 0.273 e. The van der Waals surface area contributed by atoms with Gasteiger partial charge in [-0.2, -0.15) is 4.37 Å². The number of amides is 3. The van der Waals surface area contributed by atoms with Gasteiger partial charge in [-0.3, -0.25) is 19.3 Å². The van der Waals surface area contributed by atoms with Crippen LogP contribution in [-0.2, 0) is 9.53 Å². The maximum atomic E-state index is 14.0. The van der Waals surface area contributed by atoms with Gasteiger partial charge in [0.2, 0.25) is 5.91 Å². The SMILES string of the molecule is COCCNC(=O)[C@H](c1ccc(OC)cc1)N(C(=O)c1snc(C(N)=O)c1N)c1ccccc1OC. The van der Waals surface area contributed by atoms with Crippen molar-refractivity contribution in [2.75, 3.05) is 45.1 Å². The Morgan fingerprint density at radius 2 is 1.75 bits per heavy atom. The molecular formula is C24H27N5O6S. The van der Waals surface area contributed by atoms with Gasteiger partial charge in [-0.15, -0.1) is 0 Å². The standard InChI is InChI=1S/C24H27N5O6S/c1-33-13-12-27-23(31)20(14-8-10-15(34-2)11-9-14)29(16-6-4-5-7-17(16)35-3)24(32)21-18(25)19(22(26)30)28-36-21/h4-11,20H,12-13,25H2,1-3H3,(H2,26,30)(H,27,31)/t20-/m0/s1. The molecular weight excluding hydrogens is 486 g/mol. The van der Waals surface area contributed by atoms with E-state index in [1.807, 2.05) is 0 Å². The predicted molar refractivity (Wildman–Crippen MR) is 135 cm³/mol. The molecule has 3 rings (SSSR count). The van der Waals surface area contributed by atoms with E-state index in [1.54, 1.807) is 48.5 Å². The molecule has 1 atom stereocenters. The molecule has 0 radical (unpaired) electrons. The van der Waals surface area contributed by atoms with Crippen LogP contribution in [0.25, 0.3) is 0 Å². The molecule has 11 nitrogen and oxygen atoms in total. The Bertz CT molecular complexity index is 1230. The first-order valence-electron chi connectivity index (χ1n) is 10.8. The highest BCUT2D eigenvalue weighted by atomic mass is 32.1. The molecule has 0 aliphatic heterocycles. The molecule has 36 heavy (non-hydrogen) atoms. The number of nitrogens with one attached hydrogen (secondary N) is 1. The lowest BCUT2D eigenvalue weighted by molar-refractivity contribution is -0.122. The van der Waals surface area contributed by atoms with Crippen molar-refractivity contribution in [3.05, 3.63) is 64.7 Å². The fraction of sp³-hybridized carbons (Fsp3) is 0.250. The molecule has 0 spiro atoms. The molecule has 3 aromatic rings. The van der Waals surface area contributed by atoms with E-state index in [1.165, 1.54) is 26.2 Å². The molecule has 0 aliphatic rings. The van der Waals surface area contributed by atoms with Crippen LogP contribution in [0.2, 0.25) is 0 Å². The van der Waals surface area contributed by atoms with Crippen molar-refractivity contribution in [2.45, 2.75) is 6.04 Å². The second kappa shape index (κ2) is 12.0. The van der Waals surface area contributed by atoms with Crippen LogP contribution in [0.1, 0.15) is 31.8 Å². The zero-order valence-electron chi connectivity index (χ0n) is 20.0. The average molecular weight is 514 g/mol. The van der Waals surface area contributed by atoms with Gasteiger partial charge in [-0.1, -0.05) is 24.3 Å². The number of primary amides is 1. The molecule has 0 bridgehead atoms. The Balaban J connectivity index is 2.22.